The number of carbonyl (C=O) groups is 1. The maximum atomic E-state index is 13.3. The van der Waals surface area contributed by atoms with Crippen LogP contribution in [-0.4, -0.2) is 42.4 Å². The van der Waals surface area contributed by atoms with E-state index in [1.54, 1.807) is 23.1 Å². The van der Waals surface area contributed by atoms with E-state index >= 15 is 0 Å². The molecule has 0 unspecified atom stereocenters. The average Bonchev–Trinajstić information content (AvgIpc) is 2.99. The number of benzene rings is 1. The highest BCUT2D eigenvalue weighted by Crippen LogP contribution is 2.50. The molecule has 2 aliphatic rings. The van der Waals surface area contributed by atoms with Gasteiger partial charge in [-0.25, -0.2) is 0 Å². The van der Waals surface area contributed by atoms with Crippen LogP contribution in [0.15, 0.2) is 24.0 Å². The lowest BCUT2D eigenvalue weighted by molar-refractivity contribution is -0.126. The lowest BCUT2D eigenvalue weighted by Crippen LogP contribution is -2.44. The molecule has 1 aromatic carbocycles. The molecule has 0 aliphatic carbocycles. The van der Waals surface area contributed by atoms with Gasteiger partial charge in [-0.1, -0.05) is 44.0 Å². The molecule has 29 heavy (non-hydrogen) atoms. The first-order valence-electron chi connectivity index (χ1n) is 9.66. The standard InChI is InChI=1S/C22H27Cl2NO3Si/c1-7-8-22-12-17(28-29(5,6)21(2,3)4)13-25(22)20(27)18(19(22)26)14-9-15(23)11-16(24)10-14/h1,9-11,17,26H,8,12-13H2,2-6H3/t17-,22-/m0/s1. The minimum atomic E-state index is -2.04. The molecule has 1 amide bonds. The molecule has 4 nitrogen and oxygen atoms in total. The van der Waals surface area contributed by atoms with Crippen LogP contribution in [0.4, 0.5) is 0 Å². The summed E-state index contributed by atoms with van der Waals surface area (Å²) >= 11 is 12.2. The van der Waals surface area contributed by atoms with Crippen molar-refractivity contribution in [1.29, 1.82) is 0 Å². The lowest BCUT2D eigenvalue weighted by atomic mass is 9.89. The van der Waals surface area contributed by atoms with Crippen molar-refractivity contribution in [2.45, 2.75) is 63.4 Å². The van der Waals surface area contributed by atoms with Gasteiger partial charge in [-0.3, -0.25) is 4.79 Å². The van der Waals surface area contributed by atoms with Gasteiger partial charge >= 0.3 is 0 Å². The Hall–Kier alpha value is -1.45. The monoisotopic (exact) mass is 451 g/mol. The zero-order chi connectivity index (χ0) is 21.8. The average molecular weight is 452 g/mol. The van der Waals surface area contributed by atoms with Crippen molar-refractivity contribution in [2.24, 2.45) is 0 Å². The summed E-state index contributed by atoms with van der Waals surface area (Å²) in [5, 5.41) is 12.1. The van der Waals surface area contributed by atoms with Crippen LogP contribution < -0.4 is 0 Å². The third-order valence-corrected chi connectivity index (χ3v) is 11.4. The summed E-state index contributed by atoms with van der Waals surface area (Å²) < 4.78 is 6.55. The van der Waals surface area contributed by atoms with Gasteiger partial charge in [0, 0.05) is 29.4 Å². The van der Waals surface area contributed by atoms with Gasteiger partial charge in [0.1, 0.15) is 11.3 Å². The number of aliphatic hydroxyl groups is 1. The SMILES string of the molecule is C#CC[C@@]12C[C@H](O[Si](C)(C)C(C)(C)C)CN1C(=O)C(c1cc(Cl)cc(Cl)c1)=C2O. The zero-order valence-corrected chi connectivity index (χ0v) is 20.0. The third-order valence-electron chi connectivity index (χ3n) is 6.42. The number of carbonyl (C=O) groups excluding carboxylic acids is 1. The number of amides is 1. The fourth-order valence-corrected chi connectivity index (χ4v) is 5.82. The normalized spacial score (nSPS) is 24.8. The maximum Gasteiger partial charge on any atom is 0.258 e. The van der Waals surface area contributed by atoms with E-state index in [9.17, 15) is 9.90 Å². The van der Waals surface area contributed by atoms with Gasteiger partial charge in [-0.2, -0.15) is 0 Å². The van der Waals surface area contributed by atoms with E-state index in [0.717, 1.165) is 0 Å². The van der Waals surface area contributed by atoms with E-state index in [-0.39, 0.29) is 34.8 Å². The van der Waals surface area contributed by atoms with Crippen LogP contribution in [0.25, 0.3) is 5.57 Å². The van der Waals surface area contributed by atoms with Gasteiger partial charge in [0.15, 0.2) is 8.32 Å². The molecule has 2 atom stereocenters. The van der Waals surface area contributed by atoms with Crippen molar-refractivity contribution in [3.8, 4) is 12.3 Å². The minimum Gasteiger partial charge on any atom is -0.509 e. The molecule has 0 bridgehead atoms. The van der Waals surface area contributed by atoms with Crippen molar-refractivity contribution in [3.05, 3.63) is 39.6 Å². The van der Waals surface area contributed by atoms with E-state index in [2.05, 4.69) is 39.8 Å². The van der Waals surface area contributed by atoms with E-state index in [0.29, 0.717) is 28.6 Å². The first kappa shape index (κ1) is 22.2. The van der Waals surface area contributed by atoms with Gasteiger partial charge in [0.05, 0.1) is 11.7 Å². The summed E-state index contributed by atoms with van der Waals surface area (Å²) in [7, 11) is -2.04. The number of hydrogen-bond acceptors (Lipinski definition) is 3. The molecular formula is C22H27Cl2NO3Si. The predicted molar refractivity (Wildman–Crippen MR) is 121 cm³/mol. The molecule has 7 heteroatoms. The Morgan fingerprint density at radius 2 is 1.90 bits per heavy atom. The number of hydrogen-bond donors (Lipinski definition) is 1. The number of fused-ring (bicyclic) bond motifs is 1. The van der Waals surface area contributed by atoms with E-state index in [1.807, 2.05) is 0 Å². The maximum absolute atomic E-state index is 13.3. The van der Waals surface area contributed by atoms with Gasteiger partial charge in [0.2, 0.25) is 0 Å². The van der Waals surface area contributed by atoms with Crippen molar-refractivity contribution >= 4 is 43.0 Å². The summed E-state index contributed by atoms with van der Waals surface area (Å²) in [4.78, 5) is 15.0. The van der Waals surface area contributed by atoms with Gasteiger partial charge < -0.3 is 14.4 Å². The molecule has 0 spiro atoms. The van der Waals surface area contributed by atoms with Crippen molar-refractivity contribution in [2.75, 3.05) is 6.54 Å². The fraction of sp³-hybridized carbons (Fsp3) is 0.500. The summed E-state index contributed by atoms with van der Waals surface area (Å²) in [6.07, 6.45) is 6.17. The summed E-state index contributed by atoms with van der Waals surface area (Å²) in [5.74, 6) is 2.37. The van der Waals surface area contributed by atoms with Crippen LogP contribution in [0.3, 0.4) is 0 Å². The highest BCUT2D eigenvalue weighted by molar-refractivity contribution is 6.74. The number of halogens is 2. The second-order valence-corrected chi connectivity index (χ2v) is 15.0. The topological polar surface area (TPSA) is 49.8 Å². The van der Waals surface area contributed by atoms with Crippen LogP contribution in [-0.2, 0) is 9.22 Å². The molecule has 0 radical (unpaired) electrons. The van der Waals surface area contributed by atoms with Crippen molar-refractivity contribution < 1.29 is 14.3 Å². The Morgan fingerprint density at radius 3 is 2.41 bits per heavy atom. The van der Waals surface area contributed by atoms with Crippen LogP contribution >= 0.6 is 23.2 Å². The molecule has 1 aromatic rings. The van der Waals surface area contributed by atoms with Crippen molar-refractivity contribution in [3.63, 3.8) is 0 Å². The molecular weight excluding hydrogens is 425 g/mol. The molecule has 156 valence electrons. The van der Waals surface area contributed by atoms with Crippen LogP contribution in [0.5, 0.6) is 0 Å². The molecule has 0 aromatic heterocycles. The number of terminal acetylenes is 1. The van der Waals surface area contributed by atoms with Crippen molar-refractivity contribution in [1.82, 2.24) is 4.90 Å². The van der Waals surface area contributed by atoms with Crippen LogP contribution in [0.1, 0.15) is 39.2 Å². The fourth-order valence-electron chi connectivity index (χ4n) is 3.95. The van der Waals surface area contributed by atoms with E-state index < -0.39 is 13.9 Å². The molecule has 3 rings (SSSR count). The molecule has 2 heterocycles. The summed E-state index contributed by atoms with van der Waals surface area (Å²) in [5.41, 5.74) is -0.226. The van der Waals surface area contributed by atoms with E-state index in [4.69, 9.17) is 34.1 Å². The third kappa shape index (κ3) is 3.72. The van der Waals surface area contributed by atoms with E-state index in [1.165, 1.54) is 0 Å². The first-order chi connectivity index (χ1) is 13.3. The highest BCUT2D eigenvalue weighted by atomic mass is 35.5. The van der Waals surface area contributed by atoms with Gasteiger partial charge in [-0.05, 0) is 41.9 Å². The second kappa shape index (κ2) is 7.35. The second-order valence-electron chi connectivity index (χ2n) is 9.41. The van der Waals surface area contributed by atoms with Crippen LogP contribution in [0, 0.1) is 12.3 Å². The van der Waals surface area contributed by atoms with Gasteiger partial charge in [-0.15, -0.1) is 12.3 Å². The Balaban J connectivity index is 2.01. The Morgan fingerprint density at radius 1 is 1.31 bits per heavy atom. The van der Waals surface area contributed by atoms with Gasteiger partial charge in [0.25, 0.3) is 5.91 Å². The van der Waals surface area contributed by atoms with Crippen LogP contribution in [0.2, 0.25) is 28.2 Å². The molecule has 0 saturated carbocycles. The molecule has 1 fully saturated rings. The Bertz CT molecular complexity index is 909. The summed E-state index contributed by atoms with van der Waals surface area (Å²) in [6.45, 7) is 11.3. The molecule has 1 saturated heterocycles. The number of nitrogens with zero attached hydrogens (tertiary/aromatic N) is 1. The minimum absolute atomic E-state index is 0.0138. The summed E-state index contributed by atoms with van der Waals surface area (Å²) in [6, 6.07) is 4.85. The molecule has 2 aliphatic heterocycles. The highest BCUT2D eigenvalue weighted by Gasteiger charge is 2.58. The largest absolute Gasteiger partial charge is 0.509 e. The predicted octanol–water partition coefficient (Wildman–Crippen LogP) is 5.66. The first-order valence-corrected chi connectivity index (χ1v) is 13.3. The molecule has 1 N–H and O–H groups in total. The quantitative estimate of drug-likeness (QED) is 0.474. The lowest BCUT2D eigenvalue weighted by Gasteiger charge is -2.38. The Kier molecular flexibility index (Phi) is 5.64. The number of aliphatic hydroxyl groups excluding tert-OH is 1. The zero-order valence-electron chi connectivity index (χ0n) is 17.5. The number of rotatable bonds is 4. The Labute approximate surface area is 184 Å². The smallest absolute Gasteiger partial charge is 0.258 e.